The Morgan fingerprint density at radius 2 is 1.07 bits per heavy atom. The van der Waals surface area contributed by atoms with E-state index in [0.717, 1.165) is 35.1 Å². The van der Waals surface area contributed by atoms with Crippen LogP contribution in [0.1, 0.15) is 40.0 Å². The molecule has 4 aromatic rings. The smallest absolute Gasteiger partial charge is 0.131 e. The van der Waals surface area contributed by atoms with Crippen LogP contribution in [0.3, 0.4) is 0 Å². The van der Waals surface area contributed by atoms with Crippen LogP contribution < -0.4 is 9.47 Å². The molecule has 0 spiro atoms. The molecule has 0 aliphatic carbocycles. The van der Waals surface area contributed by atoms with E-state index in [-0.39, 0.29) is 12.2 Å². The molecule has 6 rings (SSSR count). The maximum atomic E-state index is 6.56. The molecule has 0 fully saturated rings. The van der Waals surface area contributed by atoms with Crippen LogP contribution in [0.4, 0.5) is 0 Å². The lowest BCUT2D eigenvalue weighted by Crippen LogP contribution is -2.04. The third-order valence-electron chi connectivity index (χ3n) is 6.25. The number of hydrogen-bond acceptors (Lipinski definition) is 2. The highest BCUT2D eigenvalue weighted by molar-refractivity contribution is 5.97. The normalized spacial score (nSPS) is 19.5. The summed E-state index contributed by atoms with van der Waals surface area (Å²) >= 11 is 0. The first-order valence-electron chi connectivity index (χ1n) is 10.3. The van der Waals surface area contributed by atoms with Crippen molar-refractivity contribution in [2.45, 2.75) is 32.0 Å². The molecule has 0 N–H and O–H groups in total. The quantitative estimate of drug-likeness (QED) is 0.396. The lowest BCUT2D eigenvalue weighted by molar-refractivity contribution is 0.239. The number of benzene rings is 4. The Morgan fingerprint density at radius 3 is 1.62 bits per heavy atom. The standard InChI is InChI=1S/C27H22O2/c1-17-11-13-19(14-12-17)25-16-23-22-15-24(18-7-3-2-4-8-18)28-26(22)20-9-5-6-10-21(20)27(23)29-25/h2-14,24-25H,15-16H2,1H3. The van der Waals surface area contributed by atoms with E-state index in [1.165, 1.54) is 27.8 Å². The molecule has 2 atom stereocenters. The summed E-state index contributed by atoms with van der Waals surface area (Å²) in [5.41, 5.74) is 6.39. The topological polar surface area (TPSA) is 18.5 Å². The highest BCUT2D eigenvalue weighted by atomic mass is 16.5. The van der Waals surface area contributed by atoms with Crippen molar-refractivity contribution in [1.82, 2.24) is 0 Å². The molecule has 2 unspecified atom stereocenters. The van der Waals surface area contributed by atoms with E-state index in [2.05, 4.69) is 85.8 Å². The number of hydrogen-bond donors (Lipinski definition) is 0. The molecule has 4 aromatic carbocycles. The molecule has 2 heteroatoms. The van der Waals surface area contributed by atoms with E-state index in [0.29, 0.717) is 0 Å². The molecule has 2 nitrogen and oxygen atoms in total. The second-order valence-electron chi connectivity index (χ2n) is 8.10. The highest BCUT2D eigenvalue weighted by Gasteiger charge is 2.36. The molecule has 0 saturated heterocycles. The Bertz CT molecular complexity index is 1210. The zero-order valence-electron chi connectivity index (χ0n) is 16.4. The van der Waals surface area contributed by atoms with E-state index in [4.69, 9.17) is 9.47 Å². The fourth-order valence-corrected chi connectivity index (χ4v) is 4.74. The predicted octanol–water partition coefficient (Wildman–Crippen LogP) is 6.50. The Morgan fingerprint density at radius 1 is 0.586 bits per heavy atom. The molecular weight excluding hydrogens is 356 g/mol. The van der Waals surface area contributed by atoms with E-state index in [1.54, 1.807) is 0 Å². The van der Waals surface area contributed by atoms with Gasteiger partial charge in [-0.1, -0.05) is 84.4 Å². The van der Waals surface area contributed by atoms with Gasteiger partial charge in [0.1, 0.15) is 23.7 Å². The number of fused-ring (bicyclic) bond motifs is 6. The summed E-state index contributed by atoms with van der Waals surface area (Å²) < 4.78 is 13.1. The zero-order chi connectivity index (χ0) is 19.4. The first-order valence-corrected chi connectivity index (χ1v) is 10.3. The molecule has 29 heavy (non-hydrogen) atoms. The summed E-state index contributed by atoms with van der Waals surface area (Å²) in [6.45, 7) is 2.12. The average Bonchev–Trinajstić information content (AvgIpc) is 3.40. The van der Waals surface area contributed by atoms with Crippen molar-refractivity contribution in [3.8, 4) is 11.5 Å². The minimum atomic E-state index is 0.0660. The van der Waals surface area contributed by atoms with E-state index in [9.17, 15) is 0 Å². The number of rotatable bonds is 2. The van der Waals surface area contributed by atoms with E-state index in [1.807, 2.05) is 0 Å². The van der Waals surface area contributed by atoms with Crippen LogP contribution in [0.2, 0.25) is 0 Å². The van der Waals surface area contributed by atoms with Gasteiger partial charge in [-0.3, -0.25) is 0 Å². The van der Waals surface area contributed by atoms with Gasteiger partial charge in [0, 0.05) is 34.7 Å². The number of aryl methyl sites for hydroxylation is 1. The number of ether oxygens (including phenoxy) is 2. The van der Waals surface area contributed by atoms with Crippen LogP contribution in [0, 0.1) is 6.92 Å². The third-order valence-corrected chi connectivity index (χ3v) is 6.25. The molecular formula is C27H22O2. The van der Waals surface area contributed by atoms with Crippen molar-refractivity contribution in [3.05, 3.63) is 107 Å². The van der Waals surface area contributed by atoms with Gasteiger partial charge in [0.2, 0.25) is 0 Å². The monoisotopic (exact) mass is 378 g/mol. The van der Waals surface area contributed by atoms with Crippen LogP contribution >= 0.6 is 0 Å². The van der Waals surface area contributed by atoms with Gasteiger partial charge in [-0.05, 0) is 18.1 Å². The van der Waals surface area contributed by atoms with Gasteiger partial charge >= 0.3 is 0 Å². The second-order valence-corrected chi connectivity index (χ2v) is 8.10. The molecule has 142 valence electrons. The molecule has 2 heterocycles. The van der Waals surface area contributed by atoms with Crippen molar-refractivity contribution >= 4 is 10.8 Å². The van der Waals surface area contributed by atoms with Crippen LogP contribution in [0.5, 0.6) is 11.5 Å². The maximum Gasteiger partial charge on any atom is 0.131 e. The van der Waals surface area contributed by atoms with Crippen LogP contribution in [0.25, 0.3) is 10.8 Å². The first-order chi connectivity index (χ1) is 14.3. The van der Waals surface area contributed by atoms with Gasteiger partial charge in [-0.15, -0.1) is 0 Å². The third kappa shape index (κ3) is 2.63. The molecule has 2 aliphatic heterocycles. The molecule has 0 radical (unpaired) electrons. The van der Waals surface area contributed by atoms with Gasteiger partial charge in [-0.2, -0.15) is 0 Å². The minimum Gasteiger partial charge on any atom is -0.484 e. The minimum absolute atomic E-state index is 0.0660. The van der Waals surface area contributed by atoms with Gasteiger partial charge in [0.25, 0.3) is 0 Å². The maximum absolute atomic E-state index is 6.56. The first kappa shape index (κ1) is 16.7. The largest absolute Gasteiger partial charge is 0.484 e. The van der Waals surface area contributed by atoms with Crippen molar-refractivity contribution in [3.63, 3.8) is 0 Å². The predicted molar refractivity (Wildman–Crippen MR) is 116 cm³/mol. The summed E-state index contributed by atoms with van der Waals surface area (Å²) in [6, 6.07) is 27.7. The fraction of sp³-hybridized carbons (Fsp3) is 0.185. The van der Waals surface area contributed by atoms with Gasteiger partial charge in [-0.25, -0.2) is 0 Å². The highest BCUT2D eigenvalue weighted by Crippen LogP contribution is 2.52. The summed E-state index contributed by atoms with van der Waals surface area (Å²) in [6.07, 6.45) is 1.93. The molecule has 2 aliphatic rings. The zero-order valence-corrected chi connectivity index (χ0v) is 16.4. The van der Waals surface area contributed by atoms with Gasteiger partial charge < -0.3 is 9.47 Å². The summed E-state index contributed by atoms with van der Waals surface area (Å²) in [5, 5.41) is 2.31. The van der Waals surface area contributed by atoms with E-state index >= 15 is 0 Å². The molecule has 0 saturated carbocycles. The van der Waals surface area contributed by atoms with Crippen molar-refractivity contribution in [2.24, 2.45) is 0 Å². The summed E-state index contributed by atoms with van der Waals surface area (Å²) in [5.74, 6) is 2.09. The Labute approximate surface area is 170 Å². The van der Waals surface area contributed by atoms with E-state index < -0.39 is 0 Å². The lowest BCUT2D eigenvalue weighted by atomic mass is 9.92. The van der Waals surface area contributed by atoms with Crippen molar-refractivity contribution < 1.29 is 9.47 Å². The van der Waals surface area contributed by atoms with Gasteiger partial charge in [0.05, 0.1) is 0 Å². The lowest BCUT2D eigenvalue weighted by Gasteiger charge is -2.14. The van der Waals surface area contributed by atoms with Crippen LogP contribution in [-0.2, 0) is 12.8 Å². The summed E-state index contributed by atoms with van der Waals surface area (Å²) in [4.78, 5) is 0. The average molecular weight is 378 g/mol. The second kappa shape index (κ2) is 6.38. The van der Waals surface area contributed by atoms with Crippen molar-refractivity contribution in [2.75, 3.05) is 0 Å². The van der Waals surface area contributed by atoms with Crippen LogP contribution in [0.15, 0.2) is 78.9 Å². The molecule has 0 amide bonds. The van der Waals surface area contributed by atoms with Gasteiger partial charge in [0.15, 0.2) is 0 Å². The summed E-state index contributed by atoms with van der Waals surface area (Å²) in [7, 11) is 0. The Kier molecular flexibility index (Phi) is 3.67. The SMILES string of the molecule is Cc1ccc(C2Cc3c4c(c5ccccc5c3O2)OC(c2ccccc2)C4)cc1. The van der Waals surface area contributed by atoms with Crippen molar-refractivity contribution in [1.29, 1.82) is 0 Å². The Balaban J connectivity index is 1.47. The fourth-order valence-electron chi connectivity index (χ4n) is 4.74. The molecule has 0 bridgehead atoms. The molecule has 0 aromatic heterocycles. The van der Waals surface area contributed by atoms with Crippen LogP contribution in [-0.4, -0.2) is 0 Å². The Hall–Kier alpha value is -3.26.